The standard InChI is InChI=1S/C15H18F3NO3/c1-13(2,3)22-12(20)14(5-6-14)9-8-19-11(15(16,17)18)7-10(9)21-4/h7-8H,5-6H2,1-4H3. The number of carbonyl (C=O) groups is 1. The minimum absolute atomic E-state index is 0.00526. The number of alkyl halides is 3. The van der Waals surface area contributed by atoms with Crippen LogP contribution in [0.4, 0.5) is 13.2 Å². The van der Waals surface area contributed by atoms with Crippen LogP contribution in [0, 0.1) is 0 Å². The van der Waals surface area contributed by atoms with Gasteiger partial charge >= 0.3 is 12.1 Å². The zero-order valence-electron chi connectivity index (χ0n) is 12.9. The highest BCUT2D eigenvalue weighted by molar-refractivity contribution is 5.87. The quantitative estimate of drug-likeness (QED) is 0.801. The molecule has 0 N–H and O–H groups in total. The first kappa shape index (κ1) is 16.6. The van der Waals surface area contributed by atoms with E-state index in [2.05, 4.69) is 4.98 Å². The first-order valence-electron chi connectivity index (χ1n) is 6.85. The van der Waals surface area contributed by atoms with Crippen molar-refractivity contribution in [3.63, 3.8) is 0 Å². The van der Waals surface area contributed by atoms with Crippen molar-refractivity contribution in [1.82, 2.24) is 4.98 Å². The van der Waals surface area contributed by atoms with Gasteiger partial charge in [-0.05, 0) is 33.6 Å². The number of aromatic nitrogens is 1. The number of esters is 1. The summed E-state index contributed by atoms with van der Waals surface area (Å²) < 4.78 is 48.6. The lowest BCUT2D eigenvalue weighted by Gasteiger charge is -2.25. The first-order valence-corrected chi connectivity index (χ1v) is 6.85. The van der Waals surface area contributed by atoms with E-state index in [9.17, 15) is 18.0 Å². The van der Waals surface area contributed by atoms with Gasteiger partial charge < -0.3 is 9.47 Å². The van der Waals surface area contributed by atoms with Crippen LogP contribution in [0.25, 0.3) is 0 Å². The number of halogens is 3. The molecule has 0 bridgehead atoms. The summed E-state index contributed by atoms with van der Waals surface area (Å²) in [5.41, 5.74) is -2.32. The summed E-state index contributed by atoms with van der Waals surface area (Å²) in [6.45, 7) is 5.22. The number of rotatable bonds is 3. The van der Waals surface area contributed by atoms with Crippen LogP contribution in [-0.4, -0.2) is 23.7 Å². The molecule has 2 rings (SSSR count). The molecule has 0 saturated heterocycles. The average molecular weight is 317 g/mol. The lowest BCUT2D eigenvalue weighted by Crippen LogP contribution is -2.32. The van der Waals surface area contributed by atoms with Crippen molar-refractivity contribution in [3.8, 4) is 5.75 Å². The smallest absolute Gasteiger partial charge is 0.433 e. The van der Waals surface area contributed by atoms with Crippen LogP contribution in [0.2, 0.25) is 0 Å². The molecule has 1 aliphatic rings. The third-order valence-corrected chi connectivity index (χ3v) is 3.43. The van der Waals surface area contributed by atoms with Crippen molar-refractivity contribution in [2.45, 2.75) is 50.8 Å². The molecule has 22 heavy (non-hydrogen) atoms. The lowest BCUT2D eigenvalue weighted by molar-refractivity contribution is -0.158. The molecule has 0 amide bonds. The Bertz CT molecular complexity index is 587. The zero-order valence-corrected chi connectivity index (χ0v) is 12.9. The minimum atomic E-state index is -4.56. The minimum Gasteiger partial charge on any atom is -0.496 e. The zero-order chi connectivity index (χ0) is 16.8. The van der Waals surface area contributed by atoms with E-state index in [1.165, 1.54) is 7.11 Å². The molecular weight excluding hydrogens is 299 g/mol. The molecule has 1 aliphatic carbocycles. The van der Waals surface area contributed by atoms with E-state index < -0.39 is 28.9 Å². The summed E-state index contributed by atoms with van der Waals surface area (Å²) in [7, 11) is 1.27. The fourth-order valence-corrected chi connectivity index (χ4v) is 2.20. The Morgan fingerprint density at radius 3 is 2.27 bits per heavy atom. The van der Waals surface area contributed by atoms with Crippen LogP contribution in [-0.2, 0) is 21.1 Å². The highest BCUT2D eigenvalue weighted by Crippen LogP contribution is 2.53. The second-order valence-electron chi connectivity index (χ2n) is 6.35. The molecular formula is C15H18F3NO3. The molecule has 0 radical (unpaired) electrons. The van der Waals surface area contributed by atoms with E-state index in [0.29, 0.717) is 18.4 Å². The Morgan fingerprint density at radius 1 is 1.27 bits per heavy atom. The van der Waals surface area contributed by atoms with Crippen LogP contribution in [0.5, 0.6) is 5.75 Å². The summed E-state index contributed by atoms with van der Waals surface area (Å²) in [5, 5.41) is 0. The van der Waals surface area contributed by atoms with Gasteiger partial charge in [-0.15, -0.1) is 0 Å². The van der Waals surface area contributed by atoms with E-state index in [0.717, 1.165) is 12.3 Å². The van der Waals surface area contributed by atoms with Crippen molar-refractivity contribution >= 4 is 5.97 Å². The lowest BCUT2D eigenvalue weighted by atomic mass is 9.96. The maximum Gasteiger partial charge on any atom is 0.433 e. The number of hydrogen-bond acceptors (Lipinski definition) is 4. The number of hydrogen-bond donors (Lipinski definition) is 0. The van der Waals surface area contributed by atoms with Gasteiger partial charge in [-0.25, -0.2) is 0 Å². The molecule has 1 heterocycles. The normalized spacial score (nSPS) is 17.0. The molecule has 7 heteroatoms. The second-order valence-corrected chi connectivity index (χ2v) is 6.35. The van der Waals surface area contributed by atoms with Gasteiger partial charge in [0.25, 0.3) is 0 Å². The molecule has 122 valence electrons. The van der Waals surface area contributed by atoms with Crippen molar-refractivity contribution in [2.75, 3.05) is 7.11 Å². The maximum absolute atomic E-state index is 12.7. The Balaban J connectivity index is 2.38. The number of methoxy groups -OCH3 is 1. The van der Waals surface area contributed by atoms with Crippen molar-refractivity contribution < 1.29 is 27.4 Å². The molecule has 0 unspecified atom stereocenters. The third-order valence-electron chi connectivity index (χ3n) is 3.43. The van der Waals surface area contributed by atoms with Gasteiger partial charge in [0.15, 0.2) is 0 Å². The number of ether oxygens (including phenoxy) is 2. The number of pyridine rings is 1. The summed E-state index contributed by atoms with van der Waals surface area (Å²) in [6.07, 6.45) is -2.48. The molecule has 1 aromatic rings. The van der Waals surface area contributed by atoms with Gasteiger partial charge in [-0.3, -0.25) is 9.78 Å². The van der Waals surface area contributed by atoms with Gasteiger partial charge in [0.1, 0.15) is 17.0 Å². The van der Waals surface area contributed by atoms with Gasteiger partial charge in [0, 0.05) is 17.8 Å². The Labute approximate surface area is 126 Å². The summed E-state index contributed by atoms with van der Waals surface area (Å²) in [6, 6.07) is 0.819. The Hall–Kier alpha value is -1.79. The van der Waals surface area contributed by atoms with Crippen LogP contribution in [0.1, 0.15) is 44.9 Å². The van der Waals surface area contributed by atoms with E-state index >= 15 is 0 Å². The highest BCUT2D eigenvalue weighted by Gasteiger charge is 2.55. The maximum atomic E-state index is 12.7. The fourth-order valence-electron chi connectivity index (χ4n) is 2.20. The van der Waals surface area contributed by atoms with E-state index in [1.54, 1.807) is 20.8 Å². The Morgan fingerprint density at radius 2 is 1.86 bits per heavy atom. The predicted octanol–water partition coefficient (Wildman–Crippen LogP) is 3.48. The second kappa shape index (κ2) is 5.14. The SMILES string of the molecule is COc1cc(C(F)(F)F)ncc1C1(C(=O)OC(C)(C)C)CC1. The highest BCUT2D eigenvalue weighted by atomic mass is 19.4. The largest absolute Gasteiger partial charge is 0.496 e. The summed E-state index contributed by atoms with van der Waals surface area (Å²) >= 11 is 0. The molecule has 1 saturated carbocycles. The fraction of sp³-hybridized carbons (Fsp3) is 0.600. The van der Waals surface area contributed by atoms with Crippen molar-refractivity contribution in [3.05, 3.63) is 23.5 Å². The molecule has 1 fully saturated rings. The Kier molecular flexibility index (Phi) is 3.87. The molecule has 1 aromatic heterocycles. The molecule has 0 atom stereocenters. The van der Waals surface area contributed by atoms with Crippen LogP contribution in [0.15, 0.2) is 12.3 Å². The van der Waals surface area contributed by atoms with E-state index in [4.69, 9.17) is 9.47 Å². The number of nitrogens with zero attached hydrogens (tertiary/aromatic N) is 1. The van der Waals surface area contributed by atoms with Crippen LogP contribution >= 0.6 is 0 Å². The van der Waals surface area contributed by atoms with Gasteiger partial charge in [0.2, 0.25) is 0 Å². The van der Waals surface area contributed by atoms with Crippen LogP contribution < -0.4 is 4.74 Å². The predicted molar refractivity (Wildman–Crippen MR) is 72.5 cm³/mol. The first-order chi connectivity index (χ1) is 9.99. The van der Waals surface area contributed by atoms with Crippen molar-refractivity contribution in [2.24, 2.45) is 0 Å². The summed E-state index contributed by atoms with van der Waals surface area (Å²) in [5.74, 6) is -0.453. The topological polar surface area (TPSA) is 48.4 Å². The molecule has 0 spiro atoms. The monoisotopic (exact) mass is 317 g/mol. The third kappa shape index (κ3) is 3.18. The summed E-state index contributed by atoms with van der Waals surface area (Å²) in [4.78, 5) is 15.8. The molecule has 4 nitrogen and oxygen atoms in total. The van der Waals surface area contributed by atoms with Gasteiger partial charge in [-0.2, -0.15) is 13.2 Å². The van der Waals surface area contributed by atoms with Crippen molar-refractivity contribution in [1.29, 1.82) is 0 Å². The average Bonchev–Trinajstić information content (AvgIpc) is 3.16. The van der Waals surface area contributed by atoms with E-state index in [-0.39, 0.29) is 5.75 Å². The van der Waals surface area contributed by atoms with Crippen LogP contribution in [0.3, 0.4) is 0 Å². The molecule has 0 aromatic carbocycles. The van der Waals surface area contributed by atoms with E-state index in [1.807, 2.05) is 0 Å². The van der Waals surface area contributed by atoms with Gasteiger partial charge in [-0.1, -0.05) is 0 Å². The number of carbonyl (C=O) groups excluding carboxylic acids is 1. The van der Waals surface area contributed by atoms with Gasteiger partial charge in [0.05, 0.1) is 12.5 Å². The molecule has 0 aliphatic heterocycles.